The molecule has 0 aromatic carbocycles. The normalized spacial score (nSPS) is 55.8. The summed E-state index contributed by atoms with van der Waals surface area (Å²) in [5.74, 6) is 7.73. The van der Waals surface area contributed by atoms with Crippen molar-refractivity contribution in [1.29, 1.82) is 0 Å². The van der Waals surface area contributed by atoms with Crippen LogP contribution in [0.4, 0.5) is 0 Å². The van der Waals surface area contributed by atoms with Gasteiger partial charge in [0.2, 0.25) is 0 Å². The lowest BCUT2D eigenvalue weighted by Crippen LogP contribution is -2.54. The highest BCUT2D eigenvalue weighted by atomic mass is 16.3. The van der Waals surface area contributed by atoms with Gasteiger partial charge in [0.15, 0.2) is 0 Å². The lowest BCUT2D eigenvalue weighted by Gasteiger charge is -2.60. The maximum absolute atomic E-state index is 11.9. The minimum absolute atomic E-state index is 0.0677. The Balaban J connectivity index is 0.000000135. The van der Waals surface area contributed by atoms with Crippen molar-refractivity contribution >= 4 is 11.6 Å². The smallest absolute Gasteiger partial charge is 0.133 e. The fraction of sp³-hybridized carbons (Fsp3) is 0.947. The van der Waals surface area contributed by atoms with Gasteiger partial charge in [-0.15, -0.1) is 0 Å². The topological polar surface area (TPSA) is 54.4 Å². The molecule has 8 saturated carbocycles. The van der Waals surface area contributed by atoms with E-state index in [1.807, 2.05) is 0 Å². The predicted molar refractivity (Wildman–Crippen MR) is 164 cm³/mol. The molecule has 0 aromatic heterocycles. The van der Waals surface area contributed by atoms with Crippen LogP contribution in [-0.2, 0) is 9.59 Å². The zero-order valence-corrected chi connectivity index (χ0v) is 26.9. The van der Waals surface area contributed by atoms with Crippen LogP contribution < -0.4 is 0 Å². The molecule has 0 bridgehead atoms. The standard InChI is InChI=1S/C19H30O2.C19H30O/c1-18-9-7-13(20)11-12(18)3-4-14-15-5-6-17(21)19(15,2)10-8-16(14)18;1-18-9-3-4-16(18)15-6-5-13-12-14(20)7-11-19(13,2)17(15)8-10-18/h12,14-17,21H,3-11H2,1-2H3;13,15-17H,3-12H2,1-2H3/t12?,14-,15-,16-,17?,18-,19-;13?,15?,16?,17?,18-,19-/m00/s1. The molecule has 0 amide bonds. The third kappa shape index (κ3) is 4.41. The van der Waals surface area contributed by atoms with Crippen LogP contribution in [0.3, 0.4) is 0 Å². The number of fused-ring (bicyclic) bond motifs is 10. The monoisotopic (exact) mass is 564 g/mol. The Bertz CT molecular complexity index is 1050. The Labute approximate surface area is 250 Å². The van der Waals surface area contributed by atoms with Crippen LogP contribution in [-0.4, -0.2) is 22.8 Å². The molecule has 0 aromatic rings. The van der Waals surface area contributed by atoms with Crippen molar-refractivity contribution in [3.8, 4) is 0 Å². The lowest BCUT2D eigenvalue weighted by molar-refractivity contribution is -0.142. The van der Waals surface area contributed by atoms with Gasteiger partial charge in [-0.2, -0.15) is 0 Å². The van der Waals surface area contributed by atoms with Gasteiger partial charge in [0.05, 0.1) is 6.10 Å². The van der Waals surface area contributed by atoms with Crippen LogP contribution >= 0.6 is 0 Å². The molecular weight excluding hydrogens is 504 g/mol. The maximum atomic E-state index is 11.9. The SMILES string of the molecule is C[C@@]12CCCC1C1CCC3CC(=O)CC[C@]3(C)C1CC2.C[C@]12CCC(=O)CC1CC[C@@H]1[C@@H]2CC[C@]2(C)C(O)CC[C@@H]12. The van der Waals surface area contributed by atoms with Crippen molar-refractivity contribution < 1.29 is 14.7 Å². The summed E-state index contributed by atoms with van der Waals surface area (Å²) >= 11 is 0. The van der Waals surface area contributed by atoms with Crippen LogP contribution in [0, 0.1) is 69.0 Å². The van der Waals surface area contributed by atoms with Crippen molar-refractivity contribution in [3.63, 3.8) is 0 Å². The van der Waals surface area contributed by atoms with Crippen LogP contribution in [0.25, 0.3) is 0 Å². The molecule has 0 aliphatic heterocycles. The van der Waals surface area contributed by atoms with Gasteiger partial charge >= 0.3 is 0 Å². The molecule has 230 valence electrons. The first kappa shape index (κ1) is 29.0. The Morgan fingerprint density at radius 3 is 1.68 bits per heavy atom. The number of carbonyl (C=O) groups is 2. The quantitative estimate of drug-likeness (QED) is 0.319. The highest BCUT2D eigenvalue weighted by molar-refractivity contribution is 5.80. The molecule has 13 atom stereocenters. The molecule has 0 radical (unpaired) electrons. The van der Waals surface area contributed by atoms with Crippen molar-refractivity contribution in [2.24, 2.45) is 69.0 Å². The fourth-order valence-electron chi connectivity index (χ4n) is 14.1. The predicted octanol–water partition coefficient (Wildman–Crippen LogP) is 8.95. The van der Waals surface area contributed by atoms with E-state index in [2.05, 4.69) is 27.7 Å². The average molecular weight is 565 g/mol. The van der Waals surface area contributed by atoms with Crippen LogP contribution in [0.1, 0.15) is 150 Å². The van der Waals surface area contributed by atoms with Crippen LogP contribution in [0.5, 0.6) is 0 Å². The van der Waals surface area contributed by atoms with Crippen molar-refractivity contribution in [2.45, 2.75) is 156 Å². The van der Waals surface area contributed by atoms with E-state index in [0.717, 1.165) is 80.0 Å². The second-order valence-corrected chi connectivity index (χ2v) is 18.0. The number of aliphatic hydroxyl groups is 1. The molecule has 3 heteroatoms. The van der Waals surface area contributed by atoms with E-state index in [9.17, 15) is 14.7 Å². The van der Waals surface area contributed by atoms with E-state index in [1.165, 1.54) is 83.5 Å². The number of rotatable bonds is 0. The van der Waals surface area contributed by atoms with Gasteiger partial charge in [-0.25, -0.2) is 0 Å². The van der Waals surface area contributed by atoms with Gasteiger partial charge in [-0.1, -0.05) is 34.1 Å². The van der Waals surface area contributed by atoms with E-state index in [1.54, 1.807) is 0 Å². The Morgan fingerprint density at radius 2 is 1.07 bits per heavy atom. The summed E-state index contributed by atoms with van der Waals surface area (Å²) in [6, 6.07) is 0. The van der Waals surface area contributed by atoms with Gasteiger partial charge in [-0.05, 0) is 159 Å². The zero-order valence-electron chi connectivity index (χ0n) is 26.9. The largest absolute Gasteiger partial charge is 0.393 e. The zero-order chi connectivity index (χ0) is 28.8. The molecule has 6 unspecified atom stereocenters. The Morgan fingerprint density at radius 1 is 0.537 bits per heavy atom. The van der Waals surface area contributed by atoms with Gasteiger partial charge < -0.3 is 5.11 Å². The number of aliphatic hydroxyl groups excluding tert-OH is 1. The number of hydrogen-bond acceptors (Lipinski definition) is 3. The van der Waals surface area contributed by atoms with Crippen LogP contribution in [0.2, 0.25) is 0 Å². The minimum atomic E-state index is -0.0677. The summed E-state index contributed by atoms with van der Waals surface area (Å²) < 4.78 is 0. The molecule has 41 heavy (non-hydrogen) atoms. The summed E-state index contributed by atoms with van der Waals surface area (Å²) in [6.07, 6.45) is 23.2. The third-order valence-corrected chi connectivity index (χ3v) is 16.7. The molecular formula is C38H60O3. The highest BCUT2D eigenvalue weighted by Gasteiger charge is 2.60. The maximum Gasteiger partial charge on any atom is 0.133 e. The molecule has 8 aliphatic rings. The number of hydrogen-bond donors (Lipinski definition) is 1. The molecule has 8 fully saturated rings. The van der Waals surface area contributed by atoms with E-state index in [-0.39, 0.29) is 11.5 Å². The molecule has 3 nitrogen and oxygen atoms in total. The van der Waals surface area contributed by atoms with Crippen LogP contribution in [0.15, 0.2) is 0 Å². The fourth-order valence-corrected chi connectivity index (χ4v) is 14.1. The second kappa shape index (κ2) is 10.2. The minimum Gasteiger partial charge on any atom is -0.393 e. The lowest BCUT2D eigenvalue weighted by atomic mass is 9.45. The molecule has 8 rings (SSSR count). The number of Topliss-reactive ketones (excluding diaryl/α,β-unsaturated/α-hetero) is 2. The van der Waals surface area contributed by atoms with Crippen molar-refractivity contribution in [2.75, 3.05) is 0 Å². The summed E-state index contributed by atoms with van der Waals surface area (Å²) in [6.45, 7) is 9.98. The third-order valence-electron chi connectivity index (χ3n) is 16.7. The average Bonchev–Trinajstić information content (AvgIpc) is 3.49. The first-order valence-electron chi connectivity index (χ1n) is 18.2. The summed E-state index contributed by atoms with van der Waals surface area (Å²) in [4.78, 5) is 23.7. The molecule has 8 aliphatic carbocycles. The first-order chi connectivity index (χ1) is 19.5. The number of ketones is 2. The van der Waals surface area contributed by atoms with Gasteiger partial charge in [0.1, 0.15) is 11.6 Å². The van der Waals surface area contributed by atoms with E-state index >= 15 is 0 Å². The molecule has 1 N–H and O–H groups in total. The molecule has 0 heterocycles. The summed E-state index contributed by atoms with van der Waals surface area (Å²) in [7, 11) is 0. The second-order valence-electron chi connectivity index (χ2n) is 18.0. The summed E-state index contributed by atoms with van der Waals surface area (Å²) in [5.41, 5.74) is 1.77. The first-order valence-corrected chi connectivity index (χ1v) is 18.2. The number of carbonyl (C=O) groups excluding carboxylic acids is 2. The van der Waals surface area contributed by atoms with E-state index in [4.69, 9.17) is 0 Å². The molecule has 0 saturated heterocycles. The van der Waals surface area contributed by atoms with Crippen molar-refractivity contribution in [3.05, 3.63) is 0 Å². The Hall–Kier alpha value is -0.700. The van der Waals surface area contributed by atoms with Gasteiger partial charge in [0, 0.05) is 25.7 Å². The highest BCUT2D eigenvalue weighted by Crippen LogP contribution is 2.67. The Kier molecular flexibility index (Phi) is 7.20. The van der Waals surface area contributed by atoms with Gasteiger partial charge in [0.25, 0.3) is 0 Å². The van der Waals surface area contributed by atoms with E-state index < -0.39 is 0 Å². The van der Waals surface area contributed by atoms with E-state index in [0.29, 0.717) is 33.7 Å². The van der Waals surface area contributed by atoms with Gasteiger partial charge in [-0.3, -0.25) is 9.59 Å². The van der Waals surface area contributed by atoms with Crippen molar-refractivity contribution in [1.82, 2.24) is 0 Å². The molecule has 0 spiro atoms. The summed E-state index contributed by atoms with van der Waals surface area (Å²) in [5, 5.41) is 10.5.